The number of carbonyl (C=O) groups is 1. The molecule has 222 valence electrons. The van der Waals surface area contributed by atoms with Crippen LogP contribution in [-0.2, 0) is 16.1 Å². The lowest BCUT2D eigenvalue weighted by molar-refractivity contribution is -0.136. The van der Waals surface area contributed by atoms with E-state index in [0.29, 0.717) is 55.4 Å². The number of hydrogen-bond acceptors (Lipinski definition) is 8. The fourth-order valence-electron chi connectivity index (χ4n) is 4.63. The Morgan fingerprint density at radius 1 is 1.02 bits per heavy atom. The average Bonchev–Trinajstić information content (AvgIpc) is 3.32. The summed E-state index contributed by atoms with van der Waals surface area (Å²) in [6.45, 7) is 4.68. The van der Waals surface area contributed by atoms with Crippen LogP contribution in [0.3, 0.4) is 0 Å². The van der Waals surface area contributed by atoms with Crippen molar-refractivity contribution in [1.29, 1.82) is 0 Å². The molecule has 0 saturated heterocycles. The number of fused-ring (bicyclic) bond motifs is 1. The van der Waals surface area contributed by atoms with Gasteiger partial charge in [-0.15, -0.1) is 0 Å². The average molecular weight is 668 g/mol. The number of rotatable bonds is 10. The van der Waals surface area contributed by atoms with Gasteiger partial charge in [-0.05, 0) is 77.3 Å². The van der Waals surface area contributed by atoms with E-state index in [0.717, 1.165) is 5.56 Å². The van der Waals surface area contributed by atoms with Gasteiger partial charge in [0.25, 0.3) is 5.56 Å². The van der Waals surface area contributed by atoms with Crippen LogP contribution in [0.2, 0.25) is 0 Å². The number of hydrogen-bond donors (Lipinski definition) is 0. The van der Waals surface area contributed by atoms with Gasteiger partial charge in [0.05, 0.1) is 40.9 Å². The fraction of sp³-hybridized carbons (Fsp3) is 0.219. The van der Waals surface area contributed by atoms with Gasteiger partial charge in [0.2, 0.25) is 0 Å². The molecule has 0 saturated carbocycles. The van der Waals surface area contributed by atoms with Gasteiger partial charge in [-0.2, -0.15) is 0 Å². The summed E-state index contributed by atoms with van der Waals surface area (Å²) in [5.74, 6) is 0.678. The molecule has 2 heterocycles. The number of thiazole rings is 1. The first kappa shape index (κ1) is 30.2. The Bertz CT molecular complexity index is 1880. The van der Waals surface area contributed by atoms with Crippen LogP contribution in [-0.4, -0.2) is 30.9 Å². The van der Waals surface area contributed by atoms with Gasteiger partial charge < -0.3 is 18.9 Å². The Morgan fingerprint density at radius 3 is 2.49 bits per heavy atom. The van der Waals surface area contributed by atoms with Crippen LogP contribution < -0.4 is 29.1 Å². The maximum absolute atomic E-state index is 14.0. The van der Waals surface area contributed by atoms with Crippen LogP contribution in [0.1, 0.15) is 36.6 Å². The smallest absolute Gasteiger partial charge is 0.337 e. The third-order valence-corrected chi connectivity index (χ3v) is 8.22. The molecule has 1 atom stereocenters. The minimum absolute atomic E-state index is 0.0717. The number of esters is 1. The van der Waals surface area contributed by atoms with Crippen LogP contribution in [0.5, 0.6) is 17.2 Å². The van der Waals surface area contributed by atoms with E-state index >= 15 is 0 Å². The summed E-state index contributed by atoms with van der Waals surface area (Å²) in [4.78, 5) is 31.5. The number of nitrogens with zero attached hydrogens (tertiary/aromatic N) is 2. The van der Waals surface area contributed by atoms with Crippen molar-refractivity contribution in [1.82, 2.24) is 4.57 Å². The standard InChI is InChI=1S/C32H28BrFN2O6S/c1-4-40-26-13-11-20(16-27(26)41-5-2)29-22(31(38)39-3)17-35-32-36(29)30(37)28(43-32)15-19-10-12-25(23(33)14-19)42-18-21-8-6-7-9-24(21)34/h6-17,29H,4-5,18H2,1-3H3/b28-15-/t29-/m0/s1. The minimum Gasteiger partial charge on any atom is -0.490 e. The number of halogens is 2. The molecular formula is C32H28BrFN2O6S. The van der Waals surface area contributed by atoms with Crippen LogP contribution in [0.4, 0.5) is 4.39 Å². The lowest BCUT2D eigenvalue weighted by Gasteiger charge is -2.23. The molecule has 1 aromatic heterocycles. The van der Waals surface area contributed by atoms with Gasteiger partial charge in [0, 0.05) is 11.8 Å². The maximum atomic E-state index is 14.0. The van der Waals surface area contributed by atoms with E-state index in [2.05, 4.69) is 20.9 Å². The van der Waals surface area contributed by atoms with Gasteiger partial charge in [0.1, 0.15) is 18.2 Å². The quantitative estimate of drug-likeness (QED) is 0.214. The SMILES string of the molecule is CCOc1ccc([C@H]2C(C(=O)OC)=CN=c3s/c(=C\c4ccc(OCc5ccccc5F)c(Br)c4)c(=O)n32)cc1OCC. The minimum atomic E-state index is -0.790. The van der Waals surface area contributed by atoms with Crippen molar-refractivity contribution in [2.24, 2.45) is 4.99 Å². The highest BCUT2D eigenvalue weighted by molar-refractivity contribution is 9.10. The zero-order valence-corrected chi connectivity index (χ0v) is 26.0. The molecule has 1 aliphatic rings. The Labute approximate surface area is 259 Å². The molecule has 0 fully saturated rings. The summed E-state index contributed by atoms with van der Waals surface area (Å²) in [7, 11) is 1.29. The molecule has 0 N–H and O–H groups in total. The highest BCUT2D eigenvalue weighted by Crippen LogP contribution is 2.35. The first-order chi connectivity index (χ1) is 20.8. The second-order valence-electron chi connectivity index (χ2n) is 9.32. The normalized spacial score (nSPS) is 14.4. The zero-order chi connectivity index (χ0) is 30.5. The Balaban J connectivity index is 1.52. The van der Waals surface area contributed by atoms with E-state index < -0.39 is 12.0 Å². The number of carbonyl (C=O) groups excluding carboxylic acids is 1. The van der Waals surface area contributed by atoms with E-state index in [-0.39, 0.29) is 23.6 Å². The molecule has 0 aliphatic carbocycles. The third-order valence-electron chi connectivity index (χ3n) is 6.60. The molecule has 11 heteroatoms. The summed E-state index contributed by atoms with van der Waals surface area (Å²) in [6, 6.07) is 16.4. The number of ether oxygens (including phenoxy) is 4. The molecule has 8 nitrogen and oxygen atoms in total. The van der Waals surface area contributed by atoms with Crippen LogP contribution in [0.25, 0.3) is 6.08 Å². The molecule has 4 aromatic rings. The highest BCUT2D eigenvalue weighted by atomic mass is 79.9. The van der Waals surface area contributed by atoms with Crippen LogP contribution in [0.15, 0.2) is 86.7 Å². The van der Waals surface area contributed by atoms with Gasteiger partial charge in [-0.3, -0.25) is 9.36 Å². The number of benzene rings is 3. The van der Waals surface area contributed by atoms with Crippen molar-refractivity contribution in [2.75, 3.05) is 20.3 Å². The largest absolute Gasteiger partial charge is 0.490 e. The van der Waals surface area contributed by atoms with Crippen molar-refractivity contribution in [3.63, 3.8) is 0 Å². The topological polar surface area (TPSA) is 88.4 Å². The molecule has 0 radical (unpaired) electrons. The summed E-state index contributed by atoms with van der Waals surface area (Å²) in [6.07, 6.45) is 3.19. The molecule has 0 unspecified atom stereocenters. The van der Waals surface area contributed by atoms with E-state index in [9.17, 15) is 14.0 Å². The van der Waals surface area contributed by atoms with Crippen molar-refractivity contribution < 1.29 is 28.1 Å². The van der Waals surface area contributed by atoms with E-state index in [1.54, 1.807) is 54.6 Å². The van der Waals surface area contributed by atoms with E-state index in [1.165, 1.54) is 35.3 Å². The van der Waals surface area contributed by atoms with Crippen molar-refractivity contribution in [3.05, 3.63) is 119 Å². The Kier molecular flexibility index (Phi) is 9.42. The lowest BCUT2D eigenvalue weighted by Crippen LogP contribution is -2.39. The van der Waals surface area contributed by atoms with E-state index in [1.807, 2.05) is 19.9 Å². The maximum Gasteiger partial charge on any atom is 0.337 e. The molecule has 5 rings (SSSR count). The summed E-state index contributed by atoms with van der Waals surface area (Å²) < 4.78 is 38.9. The zero-order valence-electron chi connectivity index (χ0n) is 23.6. The van der Waals surface area contributed by atoms with E-state index in [4.69, 9.17) is 18.9 Å². The molecule has 0 bridgehead atoms. The van der Waals surface area contributed by atoms with Crippen molar-refractivity contribution >= 4 is 39.3 Å². The summed E-state index contributed by atoms with van der Waals surface area (Å²) in [5, 5.41) is 0. The Morgan fingerprint density at radius 2 is 1.77 bits per heavy atom. The first-order valence-corrected chi connectivity index (χ1v) is 15.1. The first-order valence-electron chi connectivity index (χ1n) is 13.5. The van der Waals surface area contributed by atoms with Gasteiger partial charge in [-0.25, -0.2) is 14.2 Å². The molecule has 3 aromatic carbocycles. The van der Waals surface area contributed by atoms with Gasteiger partial charge in [-0.1, -0.05) is 41.7 Å². The molecule has 0 spiro atoms. The second kappa shape index (κ2) is 13.4. The molecule has 43 heavy (non-hydrogen) atoms. The fourth-order valence-corrected chi connectivity index (χ4v) is 6.11. The Hall–Kier alpha value is -4.22. The lowest BCUT2D eigenvalue weighted by atomic mass is 9.97. The highest BCUT2D eigenvalue weighted by Gasteiger charge is 2.31. The predicted octanol–water partition coefficient (Wildman–Crippen LogP) is 5.30. The molecular weight excluding hydrogens is 639 g/mol. The predicted molar refractivity (Wildman–Crippen MR) is 165 cm³/mol. The summed E-state index contributed by atoms with van der Waals surface area (Å²) in [5.41, 5.74) is 1.73. The second-order valence-corrected chi connectivity index (χ2v) is 11.2. The van der Waals surface area contributed by atoms with Crippen LogP contribution >= 0.6 is 27.3 Å². The van der Waals surface area contributed by atoms with Crippen LogP contribution in [0, 0.1) is 5.82 Å². The molecule has 0 amide bonds. The third kappa shape index (κ3) is 6.42. The summed E-state index contributed by atoms with van der Waals surface area (Å²) >= 11 is 4.73. The monoisotopic (exact) mass is 666 g/mol. The molecule has 1 aliphatic heterocycles. The number of aromatic nitrogens is 1. The van der Waals surface area contributed by atoms with Gasteiger partial charge in [0.15, 0.2) is 16.3 Å². The number of methoxy groups -OCH3 is 1. The van der Waals surface area contributed by atoms with Crippen molar-refractivity contribution in [3.8, 4) is 17.2 Å². The van der Waals surface area contributed by atoms with Crippen molar-refractivity contribution in [2.45, 2.75) is 26.5 Å². The van der Waals surface area contributed by atoms with Gasteiger partial charge >= 0.3 is 5.97 Å².